The van der Waals surface area contributed by atoms with E-state index in [-0.39, 0.29) is 40.5 Å². The van der Waals surface area contributed by atoms with Crippen LogP contribution in [0.4, 0.5) is 5.69 Å². The molecule has 0 heterocycles. The third-order valence-electron chi connectivity index (χ3n) is 6.10. The first-order chi connectivity index (χ1) is 18.9. The van der Waals surface area contributed by atoms with E-state index in [4.69, 9.17) is 23.2 Å². The van der Waals surface area contributed by atoms with Crippen molar-refractivity contribution in [3.05, 3.63) is 98.4 Å². The van der Waals surface area contributed by atoms with Crippen LogP contribution in [0.1, 0.15) is 25.0 Å². The van der Waals surface area contributed by atoms with Crippen molar-refractivity contribution in [2.45, 2.75) is 32.9 Å². The highest BCUT2D eigenvalue weighted by Crippen LogP contribution is 2.34. The van der Waals surface area contributed by atoms with E-state index in [1.165, 1.54) is 17.0 Å². The molecule has 0 saturated heterocycles. The Labute approximate surface area is 254 Å². The van der Waals surface area contributed by atoms with Gasteiger partial charge in [0.05, 0.1) is 22.0 Å². The van der Waals surface area contributed by atoms with Gasteiger partial charge in [0.25, 0.3) is 0 Å². The van der Waals surface area contributed by atoms with Crippen LogP contribution in [0.2, 0.25) is 10.0 Å². The fourth-order valence-corrected chi connectivity index (χ4v) is 5.61. The first kappa shape index (κ1) is 31.9. The largest absolute Gasteiger partial charge is 0.354 e. The molecular weight excluding hydrogens is 637 g/mol. The van der Waals surface area contributed by atoms with Crippen molar-refractivity contribution in [2.75, 3.05) is 23.7 Å². The Morgan fingerprint density at radius 3 is 2.17 bits per heavy atom. The number of sulfonamides is 1. The van der Waals surface area contributed by atoms with Gasteiger partial charge in [0, 0.05) is 24.0 Å². The van der Waals surface area contributed by atoms with Crippen molar-refractivity contribution >= 4 is 66.7 Å². The number of hydrogen-bond acceptors (Lipinski definition) is 4. The molecule has 0 saturated carbocycles. The molecule has 11 heteroatoms. The van der Waals surface area contributed by atoms with Crippen molar-refractivity contribution in [1.29, 1.82) is 0 Å². The first-order valence-electron chi connectivity index (χ1n) is 12.6. The van der Waals surface area contributed by atoms with Crippen LogP contribution in [0.25, 0.3) is 0 Å². The number of benzene rings is 3. The minimum Gasteiger partial charge on any atom is -0.354 e. The summed E-state index contributed by atoms with van der Waals surface area (Å²) >= 11 is 15.9. The minimum atomic E-state index is -3.95. The topological polar surface area (TPSA) is 86.8 Å². The second-order valence-electron chi connectivity index (χ2n) is 9.84. The van der Waals surface area contributed by atoms with E-state index in [2.05, 4.69) is 21.2 Å². The Hall–Kier alpha value is -2.59. The maximum Gasteiger partial charge on any atom is 0.244 e. The lowest BCUT2D eigenvalue weighted by Gasteiger charge is -2.34. The molecule has 0 radical (unpaired) electrons. The average Bonchev–Trinajstić information content (AvgIpc) is 2.90. The van der Waals surface area contributed by atoms with E-state index in [1.54, 1.807) is 6.07 Å². The summed E-state index contributed by atoms with van der Waals surface area (Å²) in [5.74, 6) is -0.692. The molecule has 7 nitrogen and oxygen atoms in total. The number of amides is 2. The number of hydrogen-bond donors (Lipinski definition) is 1. The van der Waals surface area contributed by atoms with Crippen LogP contribution < -0.4 is 9.62 Å². The monoisotopic (exact) mass is 667 g/mol. The third kappa shape index (κ3) is 8.96. The van der Waals surface area contributed by atoms with Crippen molar-refractivity contribution < 1.29 is 18.0 Å². The Morgan fingerprint density at radius 2 is 1.57 bits per heavy atom. The van der Waals surface area contributed by atoms with Gasteiger partial charge < -0.3 is 10.2 Å². The van der Waals surface area contributed by atoms with Crippen LogP contribution in [0.3, 0.4) is 0 Å². The summed E-state index contributed by atoms with van der Waals surface area (Å²) in [6.45, 7) is 3.90. The van der Waals surface area contributed by atoms with E-state index in [1.807, 2.05) is 68.4 Å². The zero-order chi connectivity index (χ0) is 29.4. The summed E-state index contributed by atoms with van der Waals surface area (Å²) in [5.41, 5.74) is 1.72. The van der Waals surface area contributed by atoms with E-state index in [9.17, 15) is 18.0 Å². The van der Waals surface area contributed by atoms with Gasteiger partial charge in [-0.25, -0.2) is 8.42 Å². The van der Waals surface area contributed by atoms with Gasteiger partial charge in [0.1, 0.15) is 12.6 Å². The Morgan fingerprint density at radius 1 is 0.925 bits per heavy atom. The van der Waals surface area contributed by atoms with Crippen molar-refractivity contribution in [3.8, 4) is 0 Å². The Balaban J connectivity index is 2.07. The van der Waals surface area contributed by atoms with Crippen LogP contribution in [0, 0.1) is 5.92 Å². The number of halogens is 3. The molecule has 40 heavy (non-hydrogen) atoms. The van der Waals surface area contributed by atoms with Crippen LogP contribution >= 0.6 is 39.1 Å². The van der Waals surface area contributed by atoms with E-state index >= 15 is 0 Å². The second kappa shape index (κ2) is 14.3. The summed E-state index contributed by atoms with van der Waals surface area (Å²) in [6, 6.07) is 20.4. The molecule has 1 unspecified atom stereocenters. The Bertz CT molecular complexity index is 1420. The van der Waals surface area contributed by atoms with Crippen molar-refractivity contribution in [1.82, 2.24) is 10.2 Å². The van der Waals surface area contributed by atoms with Gasteiger partial charge >= 0.3 is 0 Å². The highest BCUT2D eigenvalue weighted by molar-refractivity contribution is 9.10. The molecule has 0 bridgehead atoms. The van der Waals surface area contributed by atoms with Gasteiger partial charge in [0.2, 0.25) is 21.8 Å². The molecule has 3 aromatic rings. The summed E-state index contributed by atoms with van der Waals surface area (Å²) in [5, 5.41) is 3.12. The molecule has 0 aliphatic carbocycles. The number of rotatable bonds is 12. The quantitative estimate of drug-likeness (QED) is 0.259. The predicted octanol–water partition coefficient (Wildman–Crippen LogP) is 5.93. The molecular formula is C29H32BrCl2N3O4S. The lowest BCUT2D eigenvalue weighted by molar-refractivity contribution is -0.140. The van der Waals surface area contributed by atoms with Gasteiger partial charge in [0.15, 0.2) is 0 Å². The fraction of sp³-hybridized carbons (Fsp3) is 0.310. The van der Waals surface area contributed by atoms with Gasteiger partial charge in [-0.15, -0.1) is 0 Å². The number of carbonyl (C=O) groups excluding carboxylic acids is 2. The fourth-order valence-electron chi connectivity index (χ4n) is 4.04. The molecule has 1 atom stereocenters. The summed E-state index contributed by atoms with van der Waals surface area (Å²) in [6.07, 6.45) is 1.23. The highest BCUT2D eigenvalue weighted by atomic mass is 79.9. The average molecular weight is 669 g/mol. The molecule has 0 aliphatic rings. The van der Waals surface area contributed by atoms with Gasteiger partial charge in [-0.1, -0.05) is 102 Å². The van der Waals surface area contributed by atoms with E-state index in [0.717, 1.165) is 26.2 Å². The first-order valence-corrected chi connectivity index (χ1v) is 16.0. The maximum atomic E-state index is 14.1. The number of anilines is 1. The van der Waals surface area contributed by atoms with Crippen LogP contribution in [-0.4, -0.2) is 50.5 Å². The molecule has 3 aromatic carbocycles. The Kier molecular flexibility index (Phi) is 11.5. The molecule has 1 N–H and O–H groups in total. The molecule has 2 amide bonds. The third-order valence-corrected chi connectivity index (χ3v) is 8.56. The number of nitrogens with one attached hydrogen (secondary N) is 1. The SMILES string of the molecule is CC(C)CNC(=O)C(Cc1ccccc1)N(Cc1ccc(Br)cc1)C(=O)CN(c1cccc(Cl)c1Cl)S(C)(=O)=O. The smallest absolute Gasteiger partial charge is 0.244 e. The summed E-state index contributed by atoms with van der Waals surface area (Å²) in [7, 11) is -3.95. The maximum absolute atomic E-state index is 14.1. The standard InChI is InChI=1S/C29H32BrCl2N3O4S/c1-20(2)17-33-29(37)26(16-21-8-5-4-6-9-21)34(18-22-12-14-23(30)15-13-22)27(36)19-35(40(3,38)39)25-11-7-10-24(31)28(25)32/h4-15,20,26H,16-19H2,1-3H3,(H,33,37). The van der Waals surface area contributed by atoms with Gasteiger partial charge in [-0.3, -0.25) is 13.9 Å². The summed E-state index contributed by atoms with van der Waals surface area (Å²) < 4.78 is 27.6. The zero-order valence-corrected chi connectivity index (χ0v) is 26.4. The number of carbonyl (C=O) groups is 2. The molecule has 0 aromatic heterocycles. The molecule has 0 fully saturated rings. The lowest BCUT2D eigenvalue weighted by atomic mass is 10.0. The molecule has 0 aliphatic heterocycles. The molecule has 214 valence electrons. The van der Waals surface area contributed by atoms with Gasteiger partial charge in [-0.2, -0.15) is 0 Å². The molecule has 3 rings (SSSR count). The second-order valence-corrected chi connectivity index (χ2v) is 13.4. The van der Waals surface area contributed by atoms with E-state index < -0.39 is 28.5 Å². The highest BCUT2D eigenvalue weighted by Gasteiger charge is 2.33. The number of nitrogens with zero attached hydrogens (tertiary/aromatic N) is 2. The van der Waals surface area contributed by atoms with Crippen LogP contribution in [0.15, 0.2) is 77.3 Å². The van der Waals surface area contributed by atoms with Gasteiger partial charge in [-0.05, 0) is 41.3 Å². The zero-order valence-electron chi connectivity index (χ0n) is 22.5. The summed E-state index contributed by atoms with van der Waals surface area (Å²) in [4.78, 5) is 29.1. The lowest BCUT2D eigenvalue weighted by Crippen LogP contribution is -2.53. The normalized spacial score (nSPS) is 12.2. The molecule has 0 spiro atoms. The van der Waals surface area contributed by atoms with Crippen LogP contribution in [-0.2, 0) is 32.6 Å². The minimum absolute atomic E-state index is 0.0114. The van der Waals surface area contributed by atoms with Crippen LogP contribution in [0.5, 0.6) is 0 Å². The van der Waals surface area contributed by atoms with Crippen molar-refractivity contribution in [3.63, 3.8) is 0 Å². The van der Waals surface area contributed by atoms with E-state index in [0.29, 0.717) is 6.54 Å². The predicted molar refractivity (Wildman–Crippen MR) is 165 cm³/mol. The van der Waals surface area contributed by atoms with Crippen molar-refractivity contribution in [2.24, 2.45) is 5.92 Å².